The molecule has 108 valence electrons. The van der Waals surface area contributed by atoms with Gasteiger partial charge in [0.15, 0.2) is 0 Å². The van der Waals surface area contributed by atoms with E-state index in [2.05, 4.69) is 0 Å². The number of sulfonamides is 1. The third-order valence-corrected chi connectivity index (χ3v) is 4.91. The summed E-state index contributed by atoms with van der Waals surface area (Å²) in [7, 11) is -3.62. The molecule has 1 atom stereocenters. The van der Waals surface area contributed by atoms with Crippen molar-refractivity contribution in [3.63, 3.8) is 0 Å². The largest absolute Gasteiger partial charge is 0.368 e. The number of hydrogen-bond acceptors (Lipinski definition) is 3. The van der Waals surface area contributed by atoms with Crippen LogP contribution in [0.3, 0.4) is 0 Å². The lowest BCUT2D eigenvalue weighted by Crippen LogP contribution is -2.49. The first-order valence-electron chi connectivity index (χ1n) is 6.55. The number of carbonyl (C=O) groups is 1. The molecule has 1 aliphatic rings. The topological polar surface area (TPSA) is 80.5 Å². The summed E-state index contributed by atoms with van der Waals surface area (Å²) < 4.78 is 25.8. The summed E-state index contributed by atoms with van der Waals surface area (Å²) in [6, 6.07) is 8.43. The van der Waals surface area contributed by atoms with E-state index in [0.29, 0.717) is 13.0 Å². The highest BCUT2D eigenvalue weighted by Gasteiger charge is 2.34. The second-order valence-corrected chi connectivity index (χ2v) is 6.55. The Kier molecular flexibility index (Phi) is 4.57. The molecule has 1 heterocycles. The molecule has 0 unspecified atom stereocenters. The van der Waals surface area contributed by atoms with E-state index in [4.69, 9.17) is 5.73 Å². The van der Waals surface area contributed by atoms with Crippen molar-refractivity contribution in [3.05, 3.63) is 41.3 Å². The number of nitrogens with two attached hydrogens (primary N) is 1. The number of benzene rings is 1. The van der Waals surface area contributed by atoms with Crippen LogP contribution >= 0.6 is 0 Å². The van der Waals surface area contributed by atoms with Crippen molar-refractivity contribution in [3.8, 4) is 0 Å². The van der Waals surface area contributed by atoms with Crippen LogP contribution in [-0.4, -0.2) is 31.2 Å². The first-order valence-corrected chi connectivity index (χ1v) is 8.05. The molecule has 0 bridgehead atoms. The fourth-order valence-corrected chi connectivity index (χ4v) is 3.73. The van der Waals surface area contributed by atoms with E-state index >= 15 is 0 Å². The van der Waals surface area contributed by atoms with Crippen molar-refractivity contribution in [2.45, 2.75) is 25.3 Å². The summed E-state index contributed by atoms with van der Waals surface area (Å²) in [6.07, 6.45) is 3.60. The van der Waals surface area contributed by atoms with Crippen molar-refractivity contribution in [2.75, 3.05) is 6.54 Å². The Morgan fingerprint density at radius 2 is 1.95 bits per heavy atom. The quantitative estimate of drug-likeness (QED) is 0.909. The molecular formula is C14H18N2O3S. The molecule has 0 radical (unpaired) electrons. The minimum atomic E-state index is -3.62. The summed E-state index contributed by atoms with van der Waals surface area (Å²) in [5.41, 5.74) is 6.09. The monoisotopic (exact) mass is 294 g/mol. The molecule has 2 rings (SSSR count). The van der Waals surface area contributed by atoms with Crippen LogP contribution in [-0.2, 0) is 14.8 Å². The first-order chi connectivity index (χ1) is 9.50. The van der Waals surface area contributed by atoms with Crippen LogP contribution in [0, 0.1) is 0 Å². The molecule has 5 nitrogen and oxygen atoms in total. The highest BCUT2D eigenvalue weighted by atomic mass is 32.2. The molecule has 1 fully saturated rings. The lowest BCUT2D eigenvalue weighted by atomic mass is 10.0. The standard InChI is InChI=1S/C14H18N2O3S/c15-14(17)13-8-4-5-10-16(13)20(18,19)11-9-12-6-2-1-3-7-12/h1-3,6-7,9,11,13H,4-5,8,10H2,(H2,15,17)/b11-9+/t13-/m1/s1. The Labute approximate surface area is 119 Å². The smallest absolute Gasteiger partial charge is 0.236 e. The number of carbonyl (C=O) groups excluding carboxylic acids is 1. The van der Waals surface area contributed by atoms with E-state index in [1.165, 1.54) is 10.4 Å². The van der Waals surface area contributed by atoms with Gasteiger partial charge in [0.1, 0.15) is 6.04 Å². The molecule has 0 spiro atoms. The number of amides is 1. The van der Waals surface area contributed by atoms with Crippen LogP contribution in [0.15, 0.2) is 35.7 Å². The summed E-state index contributed by atoms with van der Waals surface area (Å²) >= 11 is 0. The third kappa shape index (κ3) is 3.46. The van der Waals surface area contributed by atoms with Crippen LogP contribution in [0.4, 0.5) is 0 Å². The van der Waals surface area contributed by atoms with Gasteiger partial charge in [0.25, 0.3) is 0 Å². The second kappa shape index (κ2) is 6.19. The second-order valence-electron chi connectivity index (χ2n) is 4.78. The van der Waals surface area contributed by atoms with Gasteiger partial charge in [0.2, 0.25) is 15.9 Å². The molecule has 0 aromatic heterocycles. The minimum Gasteiger partial charge on any atom is -0.368 e. The molecule has 1 aromatic carbocycles. The highest BCUT2D eigenvalue weighted by Crippen LogP contribution is 2.21. The predicted octanol–water partition coefficient (Wildman–Crippen LogP) is 1.33. The maximum atomic E-state index is 12.3. The van der Waals surface area contributed by atoms with Gasteiger partial charge in [-0.2, -0.15) is 4.31 Å². The molecule has 2 N–H and O–H groups in total. The van der Waals surface area contributed by atoms with Gasteiger partial charge in [0, 0.05) is 12.0 Å². The molecule has 20 heavy (non-hydrogen) atoms. The number of hydrogen-bond donors (Lipinski definition) is 1. The Hall–Kier alpha value is -1.66. The zero-order valence-electron chi connectivity index (χ0n) is 11.1. The van der Waals surface area contributed by atoms with Gasteiger partial charge in [-0.25, -0.2) is 8.42 Å². The molecule has 1 aromatic rings. The van der Waals surface area contributed by atoms with E-state index in [-0.39, 0.29) is 0 Å². The average Bonchev–Trinajstić information content (AvgIpc) is 2.46. The highest BCUT2D eigenvalue weighted by molar-refractivity contribution is 7.92. The average molecular weight is 294 g/mol. The molecular weight excluding hydrogens is 276 g/mol. The normalized spacial score (nSPS) is 21.1. The lowest BCUT2D eigenvalue weighted by molar-refractivity contribution is -0.122. The van der Waals surface area contributed by atoms with Crippen molar-refractivity contribution in [1.82, 2.24) is 4.31 Å². The summed E-state index contributed by atoms with van der Waals surface area (Å²) in [5, 5.41) is 1.14. The Balaban J connectivity index is 2.20. The van der Waals surface area contributed by atoms with Gasteiger partial charge < -0.3 is 5.73 Å². The van der Waals surface area contributed by atoms with Crippen molar-refractivity contribution < 1.29 is 13.2 Å². The molecule has 1 aliphatic heterocycles. The summed E-state index contributed by atoms with van der Waals surface area (Å²) in [4.78, 5) is 11.4. The summed E-state index contributed by atoms with van der Waals surface area (Å²) in [6.45, 7) is 0.342. The van der Waals surface area contributed by atoms with Crippen LogP contribution in [0.25, 0.3) is 6.08 Å². The predicted molar refractivity (Wildman–Crippen MR) is 77.9 cm³/mol. The Bertz CT molecular complexity index is 596. The van der Waals surface area contributed by atoms with E-state index < -0.39 is 22.0 Å². The SMILES string of the molecule is NC(=O)[C@H]1CCCCN1S(=O)(=O)/C=C/c1ccccc1. The van der Waals surface area contributed by atoms with Crippen molar-refractivity contribution >= 4 is 22.0 Å². The van der Waals surface area contributed by atoms with Gasteiger partial charge in [0.05, 0.1) is 0 Å². The maximum absolute atomic E-state index is 12.3. The van der Waals surface area contributed by atoms with E-state index in [0.717, 1.165) is 23.8 Å². The first kappa shape index (κ1) is 14.7. The van der Waals surface area contributed by atoms with Crippen LogP contribution in [0.2, 0.25) is 0 Å². The van der Waals surface area contributed by atoms with E-state index in [9.17, 15) is 13.2 Å². The number of primary amides is 1. The lowest BCUT2D eigenvalue weighted by Gasteiger charge is -2.31. The minimum absolute atomic E-state index is 0.342. The van der Waals surface area contributed by atoms with Gasteiger partial charge >= 0.3 is 0 Å². The number of rotatable bonds is 4. The zero-order valence-corrected chi connectivity index (χ0v) is 11.9. The van der Waals surface area contributed by atoms with Crippen LogP contribution in [0.5, 0.6) is 0 Å². The van der Waals surface area contributed by atoms with Crippen molar-refractivity contribution in [1.29, 1.82) is 0 Å². The summed E-state index contributed by atoms with van der Waals surface area (Å²) in [5.74, 6) is -0.582. The number of nitrogens with zero attached hydrogens (tertiary/aromatic N) is 1. The fraction of sp³-hybridized carbons (Fsp3) is 0.357. The fourth-order valence-electron chi connectivity index (χ4n) is 2.30. The molecule has 0 saturated carbocycles. The van der Waals surface area contributed by atoms with Gasteiger partial charge in [-0.05, 0) is 24.5 Å². The van der Waals surface area contributed by atoms with Gasteiger partial charge in [-0.15, -0.1) is 0 Å². The van der Waals surface area contributed by atoms with Crippen molar-refractivity contribution in [2.24, 2.45) is 5.73 Å². The number of piperidine rings is 1. The maximum Gasteiger partial charge on any atom is 0.236 e. The van der Waals surface area contributed by atoms with Crippen LogP contribution in [0.1, 0.15) is 24.8 Å². The van der Waals surface area contributed by atoms with E-state index in [1.807, 2.05) is 30.3 Å². The molecule has 1 amide bonds. The van der Waals surface area contributed by atoms with E-state index in [1.54, 1.807) is 0 Å². The Morgan fingerprint density at radius 3 is 2.60 bits per heavy atom. The Morgan fingerprint density at radius 1 is 1.25 bits per heavy atom. The molecule has 1 saturated heterocycles. The zero-order chi connectivity index (χ0) is 14.6. The molecule has 6 heteroatoms. The third-order valence-electron chi connectivity index (χ3n) is 3.34. The molecule has 0 aliphatic carbocycles. The van der Waals surface area contributed by atoms with Gasteiger partial charge in [-0.1, -0.05) is 36.8 Å². The van der Waals surface area contributed by atoms with Gasteiger partial charge in [-0.3, -0.25) is 4.79 Å². The van der Waals surface area contributed by atoms with Crippen LogP contribution < -0.4 is 5.73 Å².